The maximum absolute atomic E-state index is 10.7. The van der Waals surface area contributed by atoms with Gasteiger partial charge in [0.05, 0.1) is 6.10 Å². The fourth-order valence-corrected chi connectivity index (χ4v) is 6.40. The third kappa shape index (κ3) is 2.40. The van der Waals surface area contributed by atoms with E-state index in [0.29, 0.717) is 29.4 Å². The number of phenolic OH excluding ortho intramolecular Hbond substituents is 1. The minimum Gasteiger partial charge on any atom is -0.508 e. The van der Waals surface area contributed by atoms with Crippen molar-refractivity contribution >= 4 is 0 Å². The van der Waals surface area contributed by atoms with E-state index in [1.54, 1.807) is 7.11 Å². The standard InChI is InChI=1S/C21H30O3/c1-21-12-14(9-10-24-2)20-16-6-4-15(22)11-13(16)3-5-17(20)18(21)7-8-19(21)23/h4,6,11,14,17-20,22-23H,3,5,7-10,12H2,1-2H3/t14-,17?,18?,19?,20?,21?/m0/s1. The number of benzene rings is 1. The van der Waals surface area contributed by atoms with E-state index < -0.39 is 0 Å². The van der Waals surface area contributed by atoms with Crippen molar-refractivity contribution in [2.45, 2.75) is 57.5 Å². The predicted molar refractivity (Wildman–Crippen MR) is 94.1 cm³/mol. The highest BCUT2D eigenvalue weighted by molar-refractivity contribution is 5.40. The van der Waals surface area contributed by atoms with Crippen LogP contribution >= 0.6 is 0 Å². The third-order valence-corrected chi connectivity index (χ3v) is 7.47. The Labute approximate surface area is 145 Å². The molecule has 4 rings (SSSR count). The number of methoxy groups -OCH3 is 1. The van der Waals surface area contributed by atoms with Crippen LogP contribution in [0.15, 0.2) is 18.2 Å². The zero-order valence-electron chi connectivity index (χ0n) is 14.9. The quantitative estimate of drug-likeness (QED) is 0.884. The van der Waals surface area contributed by atoms with Gasteiger partial charge < -0.3 is 14.9 Å². The zero-order valence-corrected chi connectivity index (χ0v) is 14.9. The van der Waals surface area contributed by atoms with Crippen LogP contribution in [0.4, 0.5) is 0 Å². The molecule has 5 unspecified atom stereocenters. The first kappa shape index (κ1) is 16.4. The molecule has 2 saturated carbocycles. The van der Waals surface area contributed by atoms with Crippen molar-refractivity contribution in [3.05, 3.63) is 29.3 Å². The van der Waals surface area contributed by atoms with Crippen LogP contribution in [0.25, 0.3) is 0 Å². The van der Waals surface area contributed by atoms with Crippen molar-refractivity contribution in [1.29, 1.82) is 0 Å². The molecule has 2 fully saturated rings. The van der Waals surface area contributed by atoms with Crippen LogP contribution < -0.4 is 0 Å². The number of aliphatic hydroxyl groups is 1. The fourth-order valence-electron chi connectivity index (χ4n) is 6.40. The molecule has 1 aromatic carbocycles. The monoisotopic (exact) mass is 330 g/mol. The van der Waals surface area contributed by atoms with E-state index in [1.165, 1.54) is 24.0 Å². The third-order valence-electron chi connectivity index (χ3n) is 7.47. The minimum atomic E-state index is -0.144. The lowest BCUT2D eigenvalue weighted by atomic mass is 9.51. The molecule has 0 bridgehead atoms. The first-order valence-corrected chi connectivity index (χ1v) is 9.53. The Hall–Kier alpha value is -1.06. The van der Waals surface area contributed by atoms with E-state index >= 15 is 0 Å². The Balaban J connectivity index is 1.74. The summed E-state index contributed by atoms with van der Waals surface area (Å²) in [4.78, 5) is 0. The van der Waals surface area contributed by atoms with E-state index in [1.807, 2.05) is 12.1 Å². The Morgan fingerprint density at radius 3 is 2.88 bits per heavy atom. The summed E-state index contributed by atoms with van der Waals surface area (Å²) in [6.45, 7) is 3.12. The van der Waals surface area contributed by atoms with Crippen molar-refractivity contribution < 1.29 is 14.9 Å². The predicted octanol–water partition coefficient (Wildman–Crippen LogP) is 3.87. The maximum atomic E-state index is 10.7. The average molecular weight is 330 g/mol. The van der Waals surface area contributed by atoms with Gasteiger partial charge in [0, 0.05) is 13.7 Å². The molecule has 0 amide bonds. The van der Waals surface area contributed by atoms with Gasteiger partial charge in [-0.15, -0.1) is 0 Å². The Morgan fingerprint density at radius 1 is 1.25 bits per heavy atom. The van der Waals surface area contributed by atoms with Crippen LogP contribution in [0, 0.1) is 23.2 Å². The van der Waals surface area contributed by atoms with Gasteiger partial charge in [0.1, 0.15) is 5.75 Å². The molecule has 3 aliphatic rings. The summed E-state index contributed by atoms with van der Waals surface area (Å²) >= 11 is 0. The second-order valence-corrected chi connectivity index (χ2v) is 8.56. The molecule has 3 heteroatoms. The molecule has 1 aromatic rings. The van der Waals surface area contributed by atoms with Gasteiger partial charge >= 0.3 is 0 Å². The molecule has 0 saturated heterocycles. The number of aliphatic hydroxyl groups excluding tert-OH is 1. The molecule has 2 N–H and O–H groups in total. The van der Waals surface area contributed by atoms with E-state index in [4.69, 9.17) is 4.74 Å². The summed E-state index contributed by atoms with van der Waals surface area (Å²) < 4.78 is 5.40. The first-order chi connectivity index (χ1) is 11.5. The molecular weight excluding hydrogens is 300 g/mol. The highest BCUT2D eigenvalue weighted by Crippen LogP contribution is 2.63. The molecule has 132 valence electrons. The van der Waals surface area contributed by atoms with Gasteiger partial charge in [-0.2, -0.15) is 0 Å². The Morgan fingerprint density at radius 2 is 2.08 bits per heavy atom. The normalized spacial score (nSPS) is 40.7. The summed E-state index contributed by atoms with van der Waals surface area (Å²) in [6, 6.07) is 5.98. The van der Waals surface area contributed by atoms with Gasteiger partial charge in [0.2, 0.25) is 0 Å². The second-order valence-electron chi connectivity index (χ2n) is 8.56. The lowest BCUT2D eigenvalue weighted by molar-refractivity contribution is -0.0532. The van der Waals surface area contributed by atoms with Gasteiger partial charge in [0.15, 0.2) is 0 Å². The molecule has 0 heterocycles. The molecule has 3 aliphatic carbocycles. The summed E-state index contributed by atoms with van der Waals surface area (Å²) in [5.74, 6) is 2.82. The number of hydrogen-bond acceptors (Lipinski definition) is 3. The summed E-state index contributed by atoms with van der Waals surface area (Å²) in [7, 11) is 1.78. The Bertz CT molecular complexity index is 613. The largest absolute Gasteiger partial charge is 0.508 e. The van der Waals surface area contributed by atoms with Crippen molar-refractivity contribution in [3.8, 4) is 5.75 Å². The van der Waals surface area contributed by atoms with E-state index in [2.05, 4.69) is 13.0 Å². The fraction of sp³-hybridized carbons (Fsp3) is 0.714. The number of ether oxygens (including phenoxy) is 1. The van der Waals surface area contributed by atoms with Crippen LogP contribution in [0.2, 0.25) is 0 Å². The molecular formula is C21H30O3. The minimum absolute atomic E-state index is 0.0774. The number of aryl methyl sites for hydroxylation is 1. The SMILES string of the molecule is COCC[C@H]1CC2(C)C(O)CCC2C2CCc3cc(O)ccc3C21. The molecule has 24 heavy (non-hydrogen) atoms. The van der Waals surface area contributed by atoms with Gasteiger partial charge in [-0.25, -0.2) is 0 Å². The van der Waals surface area contributed by atoms with Crippen LogP contribution in [0.1, 0.15) is 56.1 Å². The van der Waals surface area contributed by atoms with E-state index in [-0.39, 0.29) is 11.5 Å². The number of rotatable bonds is 3. The van der Waals surface area contributed by atoms with Crippen molar-refractivity contribution in [3.63, 3.8) is 0 Å². The number of phenols is 1. The van der Waals surface area contributed by atoms with Crippen molar-refractivity contribution in [1.82, 2.24) is 0 Å². The smallest absolute Gasteiger partial charge is 0.115 e. The van der Waals surface area contributed by atoms with Crippen LogP contribution in [0.3, 0.4) is 0 Å². The maximum Gasteiger partial charge on any atom is 0.115 e. The number of fused-ring (bicyclic) bond motifs is 5. The molecule has 3 nitrogen and oxygen atoms in total. The van der Waals surface area contributed by atoms with Crippen LogP contribution in [0.5, 0.6) is 5.75 Å². The van der Waals surface area contributed by atoms with Crippen molar-refractivity contribution in [2.24, 2.45) is 23.2 Å². The second kappa shape index (κ2) is 6.03. The average Bonchev–Trinajstić information content (AvgIpc) is 2.87. The van der Waals surface area contributed by atoms with Gasteiger partial charge in [-0.3, -0.25) is 0 Å². The molecule has 0 aliphatic heterocycles. The summed E-state index contributed by atoms with van der Waals surface area (Å²) in [6.07, 6.45) is 6.40. The van der Waals surface area contributed by atoms with Crippen molar-refractivity contribution in [2.75, 3.05) is 13.7 Å². The number of aromatic hydroxyl groups is 1. The zero-order chi connectivity index (χ0) is 16.9. The topological polar surface area (TPSA) is 49.7 Å². The first-order valence-electron chi connectivity index (χ1n) is 9.53. The highest BCUT2D eigenvalue weighted by Gasteiger charge is 2.57. The molecule has 0 aromatic heterocycles. The van der Waals surface area contributed by atoms with E-state index in [9.17, 15) is 10.2 Å². The lowest BCUT2D eigenvalue weighted by Gasteiger charge is -2.54. The van der Waals surface area contributed by atoms with E-state index in [0.717, 1.165) is 32.3 Å². The van der Waals surface area contributed by atoms with Crippen LogP contribution in [-0.4, -0.2) is 30.0 Å². The number of hydrogen-bond donors (Lipinski definition) is 2. The summed E-state index contributed by atoms with van der Waals surface area (Å²) in [5.41, 5.74) is 2.86. The molecule has 0 radical (unpaired) electrons. The lowest BCUT2D eigenvalue weighted by Crippen LogP contribution is -2.48. The van der Waals surface area contributed by atoms with Gasteiger partial charge in [0.25, 0.3) is 0 Å². The van der Waals surface area contributed by atoms with Crippen LogP contribution in [-0.2, 0) is 11.2 Å². The summed E-state index contributed by atoms with van der Waals surface area (Å²) in [5, 5.41) is 20.5. The molecule has 6 atom stereocenters. The Kier molecular flexibility index (Phi) is 4.12. The molecule has 0 spiro atoms. The van der Waals surface area contributed by atoms with Gasteiger partial charge in [-0.1, -0.05) is 13.0 Å². The highest BCUT2D eigenvalue weighted by atomic mass is 16.5. The van der Waals surface area contributed by atoms with Gasteiger partial charge in [-0.05, 0) is 90.9 Å².